The van der Waals surface area contributed by atoms with Crippen LogP contribution < -0.4 is 11.1 Å². The summed E-state index contributed by atoms with van der Waals surface area (Å²) in [6.07, 6.45) is 8.65. The zero-order valence-corrected chi connectivity index (χ0v) is 23.6. The number of imidazole rings is 1. The second-order valence-corrected chi connectivity index (χ2v) is 10.8. The number of alkyl halides is 2. The highest BCUT2D eigenvalue weighted by Gasteiger charge is 2.35. The highest BCUT2D eigenvalue weighted by Crippen LogP contribution is 2.37. The first-order valence-electron chi connectivity index (χ1n) is 14.2. The summed E-state index contributed by atoms with van der Waals surface area (Å²) in [5.41, 5.74) is 8.22. The standard InChI is InChI=1S/C18H24F2N4O.C5H9NO.C4H5N3O2/c1-12-16(14-4-8-25-9-5-14)22-17-21-15(11-24(17)23-12)10-13-2-6-18(19,20)7-3-13;7-5-3-1-2-4-6-5;1-2-3(4(5)8)7-9-6-2/h11,13-14H,2-10H2,1H3;1-4H2,(H,6,7);1H3,(H2,5,8). The summed E-state index contributed by atoms with van der Waals surface area (Å²) in [6.45, 7) is 6.00. The molecule has 0 atom stereocenters. The van der Waals surface area contributed by atoms with Gasteiger partial charge >= 0.3 is 0 Å². The molecule has 3 N–H and O–H groups in total. The zero-order valence-electron chi connectivity index (χ0n) is 23.6. The number of primary amides is 1. The van der Waals surface area contributed by atoms with E-state index in [0.29, 0.717) is 30.2 Å². The van der Waals surface area contributed by atoms with Crippen molar-refractivity contribution in [1.29, 1.82) is 0 Å². The number of amides is 2. The number of aromatic nitrogens is 6. The van der Waals surface area contributed by atoms with Crippen LogP contribution in [-0.4, -0.2) is 67.4 Å². The van der Waals surface area contributed by atoms with E-state index in [1.165, 1.54) is 0 Å². The predicted molar refractivity (Wildman–Crippen MR) is 143 cm³/mol. The van der Waals surface area contributed by atoms with E-state index in [1.807, 2.05) is 13.1 Å². The number of piperidine rings is 1. The van der Waals surface area contributed by atoms with Crippen molar-refractivity contribution in [3.05, 3.63) is 34.7 Å². The number of hydrogen-bond donors (Lipinski definition) is 2. The second-order valence-electron chi connectivity index (χ2n) is 10.8. The van der Waals surface area contributed by atoms with Crippen molar-refractivity contribution in [3.63, 3.8) is 0 Å². The lowest BCUT2D eigenvalue weighted by Gasteiger charge is -2.27. The van der Waals surface area contributed by atoms with Gasteiger partial charge in [0.2, 0.25) is 11.8 Å². The minimum absolute atomic E-state index is 0.00541. The van der Waals surface area contributed by atoms with Crippen molar-refractivity contribution in [1.82, 2.24) is 35.2 Å². The average molecular weight is 577 g/mol. The zero-order chi connectivity index (χ0) is 29.4. The van der Waals surface area contributed by atoms with Crippen molar-refractivity contribution in [2.75, 3.05) is 19.8 Å². The number of nitrogens with two attached hydrogens (primary N) is 1. The summed E-state index contributed by atoms with van der Waals surface area (Å²) >= 11 is 0. The van der Waals surface area contributed by atoms with Crippen molar-refractivity contribution in [2.45, 2.75) is 89.9 Å². The maximum atomic E-state index is 13.3. The van der Waals surface area contributed by atoms with Crippen LogP contribution in [0, 0.1) is 19.8 Å². The molecule has 2 aliphatic heterocycles. The summed E-state index contributed by atoms with van der Waals surface area (Å²) in [5, 5.41) is 14.0. The van der Waals surface area contributed by atoms with E-state index in [-0.39, 0.29) is 30.4 Å². The van der Waals surface area contributed by atoms with Gasteiger partial charge < -0.3 is 15.8 Å². The van der Waals surface area contributed by atoms with E-state index in [0.717, 1.165) is 75.4 Å². The third kappa shape index (κ3) is 8.72. The van der Waals surface area contributed by atoms with E-state index in [4.69, 9.17) is 15.5 Å². The summed E-state index contributed by atoms with van der Waals surface area (Å²) in [7, 11) is 0. The Morgan fingerprint density at radius 2 is 1.83 bits per heavy atom. The van der Waals surface area contributed by atoms with Gasteiger partial charge in [-0.25, -0.2) is 27.9 Å². The maximum Gasteiger partial charge on any atom is 0.272 e. The molecule has 14 heteroatoms. The molecule has 3 aliphatic rings. The third-order valence-corrected chi connectivity index (χ3v) is 7.55. The fraction of sp³-hybridized carbons (Fsp3) is 0.667. The van der Waals surface area contributed by atoms with E-state index in [1.54, 1.807) is 11.4 Å². The van der Waals surface area contributed by atoms with Gasteiger partial charge in [0.15, 0.2) is 5.69 Å². The van der Waals surface area contributed by atoms with Crippen LogP contribution in [-0.2, 0) is 16.0 Å². The molecule has 3 aromatic heterocycles. The van der Waals surface area contributed by atoms with Crippen LogP contribution >= 0.6 is 0 Å². The molecule has 6 rings (SSSR count). The summed E-state index contributed by atoms with van der Waals surface area (Å²) in [4.78, 5) is 30.1. The molecule has 0 aromatic carbocycles. The Bertz CT molecular complexity index is 1300. The van der Waals surface area contributed by atoms with Gasteiger partial charge in [0.25, 0.3) is 11.7 Å². The largest absolute Gasteiger partial charge is 0.381 e. The van der Waals surface area contributed by atoms with Crippen LogP contribution in [0.5, 0.6) is 0 Å². The predicted octanol–water partition coefficient (Wildman–Crippen LogP) is 3.46. The van der Waals surface area contributed by atoms with E-state index < -0.39 is 11.8 Å². The van der Waals surface area contributed by atoms with E-state index in [2.05, 4.69) is 30.3 Å². The third-order valence-electron chi connectivity index (χ3n) is 7.55. The Kier molecular flexibility index (Phi) is 10.3. The minimum Gasteiger partial charge on any atom is -0.381 e. The summed E-state index contributed by atoms with van der Waals surface area (Å²) < 4.78 is 38.0. The number of hydrogen-bond acceptors (Lipinski definition) is 9. The Morgan fingerprint density at radius 1 is 1.10 bits per heavy atom. The smallest absolute Gasteiger partial charge is 0.272 e. The van der Waals surface area contributed by atoms with Crippen molar-refractivity contribution in [3.8, 4) is 0 Å². The summed E-state index contributed by atoms with van der Waals surface area (Å²) in [5.74, 6) is -1.61. The SMILES string of the molecule is Cc1nn2cc(CC3CCC(F)(F)CC3)nc2nc1C1CCOCC1.Cc1nonc1C(N)=O.O=C1CCCCN1. The van der Waals surface area contributed by atoms with E-state index >= 15 is 0 Å². The van der Waals surface area contributed by atoms with Crippen LogP contribution in [0.15, 0.2) is 10.8 Å². The molecule has 3 fully saturated rings. The quantitative estimate of drug-likeness (QED) is 0.473. The van der Waals surface area contributed by atoms with Crippen LogP contribution in [0.25, 0.3) is 5.78 Å². The Labute approximate surface area is 236 Å². The van der Waals surface area contributed by atoms with Crippen molar-refractivity contribution >= 4 is 17.6 Å². The Balaban J connectivity index is 0.000000197. The van der Waals surface area contributed by atoms with Gasteiger partial charge in [-0.3, -0.25) is 9.59 Å². The van der Waals surface area contributed by atoms with Crippen LogP contribution in [0.3, 0.4) is 0 Å². The van der Waals surface area contributed by atoms with Gasteiger partial charge in [0.05, 0.1) is 23.3 Å². The molecule has 2 saturated heterocycles. The number of carbonyl (C=O) groups is 2. The molecule has 224 valence electrons. The molecule has 2 amide bonds. The first-order valence-corrected chi connectivity index (χ1v) is 14.2. The van der Waals surface area contributed by atoms with Gasteiger partial charge in [-0.2, -0.15) is 5.10 Å². The maximum absolute atomic E-state index is 13.3. The molecule has 5 heterocycles. The van der Waals surface area contributed by atoms with Gasteiger partial charge in [-0.05, 0) is 69.9 Å². The molecule has 41 heavy (non-hydrogen) atoms. The number of carbonyl (C=O) groups excluding carboxylic acids is 2. The average Bonchev–Trinajstić information content (AvgIpc) is 3.56. The van der Waals surface area contributed by atoms with Crippen LogP contribution in [0.4, 0.5) is 8.78 Å². The Hall–Kier alpha value is -3.55. The molecule has 3 aromatic rings. The Morgan fingerprint density at radius 3 is 2.37 bits per heavy atom. The normalized spacial score (nSPS) is 19.5. The number of aryl methyl sites for hydroxylation is 2. The van der Waals surface area contributed by atoms with E-state index in [9.17, 15) is 18.4 Å². The molecule has 0 bridgehead atoms. The number of ether oxygens (including phenoxy) is 1. The van der Waals surface area contributed by atoms with Crippen LogP contribution in [0.1, 0.15) is 97.0 Å². The first-order chi connectivity index (χ1) is 19.6. The van der Waals surface area contributed by atoms with Gasteiger partial charge in [-0.1, -0.05) is 5.16 Å². The van der Waals surface area contributed by atoms with Gasteiger partial charge in [0, 0.05) is 44.9 Å². The lowest BCUT2D eigenvalue weighted by molar-refractivity contribution is -0.122. The minimum atomic E-state index is -2.48. The number of rotatable bonds is 4. The lowest BCUT2D eigenvalue weighted by atomic mass is 9.84. The second kappa shape index (κ2) is 13.9. The molecular weight excluding hydrogens is 538 g/mol. The molecular formula is C27H38F2N8O4. The first kappa shape index (κ1) is 30.4. The number of nitrogens with zero attached hydrogens (tertiary/aromatic N) is 6. The molecule has 1 aliphatic carbocycles. The lowest BCUT2D eigenvalue weighted by Crippen LogP contribution is -2.28. The molecule has 0 unspecified atom stereocenters. The van der Waals surface area contributed by atoms with Crippen molar-refractivity contribution in [2.24, 2.45) is 11.7 Å². The monoisotopic (exact) mass is 576 g/mol. The molecule has 0 spiro atoms. The highest BCUT2D eigenvalue weighted by molar-refractivity contribution is 5.91. The highest BCUT2D eigenvalue weighted by atomic mass is 19.3. The number of nitrogens with one attached hydrogen (secondary N) is 1. The van der Waals surface area contributed by atoms with Crippen LogP contribution in [0.2, 0.25) is 0 Å². The van der Waals surface area contributed by atoms with Gasteiger partial charge in [-0.15, -0.1) is 0 Å². The van der Waals surface area contributed by atoms with Crippen molar-refractivity contribution < 1.29 is 27.7 Å². The fourth-order valence-electron chi connectivity index (χ4n) is 5.20. The fourth-order valence-corrected chi connectivity index (χ4v) is 5.20. The van der Waals surface area contributed by atoms with Gasteiger partial charge in [0.1, 0.15) is 5.69 Å². The molecule has 0 radical (unpaired) electrons. The number of halogens is 2. The molecule has 12 nitrogen and oxygen atoms in total. The summed E-state index contributed by atoms with van der Waals surface area (Å²) in [6, 6.07) is 0. The molecule has 1 saturated carbocycles. The topological polar surface area (TPSA) is 163 Å². The number of fused-ring (bicyclic) bond motifs is 1.